The lowest BCUT2D eigenvalue weighted by atomic mass is 10.3. The Kier molecular flexibility index (Phi) is 4.19. The van der Waals surface area contributed by atoms with Crippen molar-refractivity contribution in [2.45, 2.75) is 13.1 Å². The summed E-state index contributed by atoms with van der Waals surface area (Å²) >= 11 is 0. The van der Waals surface area contributed by atoms with E-state index in [4.69, 9.17) is 0 Å². The summed E-state index contributed by atoms with van der Waals surface area (Å²) in [5.74, 6) is 0.0999. The number of amides is 1. The van der Waals surface area contributed by atoms with Gasteiger partial charge in [0.25, 0.3) is 0 Å². The first-order valence-corrected chi connectivity index (χ1v) is 6.45. The minimum absolute atomic E-state index is 0.0377. The first-order valence-electron chi connectivity index (χ1n) is 6.45. The molecule has 0 aliphatic carbocycles. The van der Waals surface area contributed by atoms with E-state index in [2.05, 4.69) is 15.3 Å². The molecule has 1 fully saturated rings. The van der Waals surface area contributed by atoms with Crippen LogP contribution in [0.15, 0.2) is 6.07 Å². The van der Waals surface area contributed by atoms with Crippen molar-refractivity contribution in [3.05, 3.63) is 11.8 Å². The maximum Gasteiger partial charge on any atom is 0.433 e. The summed E-state index contributed by atoms with van der Waals surface area (Å²) in [5.41, 5.74) is -0.981. The van der Waals surface area contributed by atoms with Gasteiger partial charge in [-0.25, -0.2) is 4.98 Å². The molecular formula is C12H16F3N5O. The topological polar surface area (TPSA) is 61.4 Å². The minimum atomic E-state index is -4.52. The molecule has 1 N–H and O–H groups in total. The lowest BCUT2D eigenvalue weighted by Gasteiger charge is -2.35. The van der Waals surface area contributed by atoms with E-state index in [-0.39, 0.29) is 17.7 Å². The van der Waals surface area contributed by atoms with E-state index in [0.29, 0.717) is 26.2 Å². The molecule has 6 nitrogen and oxygen atoms in total. The monoisotopic (exact) mass is 303 g/mol. The average Bonchev–Trinajstić information content (AvgIpc) is 2.46. The molecule has 1 aliphatic rings. The molecule has 0 radical (unpaired) electrons. The van der Waals surface area contributed by atoms with E-state index in [1.54, 1.807) is 9.80 Å². The first-order chi connectivity index (χ1) is 9.81. The van der Waals surface area contributed by atoms with Crippen LogP contribution in [-0.2, 0) is 11.0 Å². The highest BCUT2D eigenvalue weighted by molar-refractivity contribution is 5.73. The van der Waals surface area contributed by atoms with Crippen LogP contribution in [0.1, 0.15) is 12.6 Å². The van der Waals surface area contributed by atoms with Crippen molar-refractivity contribution in [1.29, 1.82) is 0 Å². The minimum Gasteiger partial charge on any atom is -0.357 e. The van der Waals surface area contributed by atoms with Gasteiger partial charge in [-0.3, -0.25) is 4.79 Å². The van der Waals surface area contributed by atoms with Crippen LogP contribution >= 0.6 is 0 Å². The first kappa shape index (κ1) is 15.3. The highest BCUT2D eigenvalue weighted by atomic mass is 19.4. The molecule has 0 atom stereocenters. The Labute approximate surface area is 120 Å². The Morgan fingerprint density at radius 2 is 1.86 bits per heavy atom. The zero-order valence-electron chi connectivity index (χ0n) is 11.7. The van der Waals surface area contributed by atoms with Gasteiger partial charge < -0.3 is 15.1 Å². The Morgan fingerprint density at radius 1 is 1.24 bits per heavy atom. The molecule has 1 aromatic rings. The van der Waals surface area contributed by atoms with Gasteiger partial charge in [0, 0.05) is 46.2 Å². The van der Waals surface area contributed by atoms with Gasteiger partial charge in [-0.05, 0) is 0 Å². The molecule has 116 valence electrons. The number of rotatable bonds is 2. The van der Waals surface area contributed by atoms with Gasteiger partial charge in [-0.1, -0.05) is 0 Å². The van der Waals surface area contributed by atoms with Crippen LogP contribution in [0.5, 0.6) is 0 Å². The number of nitrogens with zero attached hydrogens (tertiary/aromatic N) is 4. The van der Waals surface area contributed by atoms with Gasteiger partial charge in [-0.2, -0.15) is 18.2 Å². The van der Waals surface area contributed by atoms with E-state index in [9.17, 15) is 18.0 Å². The van der Waals surface area contributed by atoms with Crippen LogP contribution in [0.3, 0.4) is 0 Å². The van der Waals surface area contributed by atoms with Crippen molar-refractivity contribution in [3.8, 4) is 0 Å². The van der Waals surface area contributed by atoms with E-state index < -0.39 is 11.9 Å². The van der Waals surface area contributed by atoms with Gasteiger partial charge in [-0.15, -0.1) is 0 Å². The second-order valence-corrected chi connectivity index (χ2v) is 4.68. The van der Waals surface area contributed by atoms with Gasteiger partial charge in [0.2, 0.25) is 11.9 Å². The molecule has 2 heterocycles. The number of carbonyl (C=O) groups is 1. The zero-order chi connectivity index (χ0) is 15.6. The fourth-order valence-corrected chi connectivity index (χ4v) is 2.10. The Morgan fingerprint density at radius 3 is 2.33 bits per heavy atom. The number of hydrogen-bond acceptors (Lipinski definition) is 5. The quantitative estimate of drug-likeness (QED) is 0.890. The van der Waals surface area contributed by atoms with Crippen LogP contribution < -0.4 is 10.2 Å². The second-order valence-electron chi connectivity index (χ2n) is 4.68. The number of alkyl halides is 3. The molecule has 2 rings (SSSR count). The van der Waals surface area contributed by atoms with Crippen LogP contribution in [0.4, 0.5) is 24.9 Å². The molecule has 21 heavy (non-hydrogen) atoms. The standard InChI is InChI=1S/C12H16F3N5O/c1-8(21)19-3-5-20(6-4-19)10-7-9(12(13,14)15)17-11(16-2)18-10/h7H,3-6H2,1-2H3,(H,16,17,18). The van der Waals surface area contributed by atoms with E-state index in [1.165, 1.54) is 14.0 Å². The SMILES string of the molecule is CNc1nc(N2CCN(C(C)=O)CC2)cc(C(F)(F)F)n1. The van der Waals surface area contributed by atoms with Crippen molar-refractivity contribution in [2.24, 2.45) is 0 Å². The van der Waals surface area contributed by atoms with Crippen LogP contribution in [0.25, 0.3) is 0 Å². The second kappa shape index (κ2) is 5.74. The third-order valence-corrected chi connectivity index (χ3v) is 3.28. The summed E-state index contributed by atoms with van der Waals surface area (Å²) in [6, 6.07) is 0.935. The molecule has 1 aromatic heterocycles. The number of hydrogen-bond donors (Lipinski definition) is 1. The smallest absolute Gasteiger partial charge is 0.357 e. The molecule has 1 aliphatic heterocycles. The highest BCUT2D eigenvalue weighted by Crippen LogP contribution is 2.30. The van der Waals surface area contributed by atoms with Gasteiger partial charge in [0.15, 0.2) is 5.69 Å². The van der Waals surface area contributed by atoms with Crippen LogP contribution in [0.2, 0.25) is 0 Å². The van der Waals surface area contributed by atoms with Crippen molar-refractivity contribution < 1.29 is 18.0 Å². The normalized spacial score (nSPS) is 16.0. The Bertz CT molecular complexity index is 526. The number of nitrogens with one attached hydrogen (secondary N) is 1. The van der Waals surface area contributed by atoms with E-state index >= 15 is 0 Å². The molecule has 0 spiro atoms. The van der Waals surface area contributed by atoms with Crippen LogP contribution in [0, 0.1) is 0 Å². The molecule has 0 aromatic carbocycles. The van der Waals surface area contributed by atoms with Crippen molar-refractivity contribution in [1.82, 2.24) is 14.9 Å². The van der Waals surface area contributed by atoms with Gasteiger partial charge in [0.1, 0.15) is 5.82 Å². The third kappa shape index (κ3) is 3.53. The van der Waals surface area contributed by atoms with Gasteiger partial charge in [0.05, 0.1) is 0 Å². The predicted octanol–water partition coefficient (Wildman–Crippen LogP) is 1.21. The molecule has 9 heteroatoms. The lowest BCUT2D eigenvalue weighted by Crippen LogP contribution is -2.48. The Balaban J connectivity index is 2.22. The summed E-state index contributed by atoms with van der Waals surface area (Å²) < 4.78 is 38.5. The fraction of sp³-hybridized carbons (Fsp3) is 0.583. The summed E-state index contributed by atoms with van der Waals surface area (Å²) in [6.45, 7) is 3.29. The van der Waals surface area contributed by atoms with Gasteiger partial charge >= 0.3 is 6.18 Å². The summed E-state index contributed by atoms with van der Waals surface area (Å²) in [5, 5.41) is 2.53. The fourth-order valence-electron chi connectivity index (χ4n) is 2.10. The molecule has 1 saturated heterocycles. The van der Waals surface area contributed by atoms with E-state index in [1.807, 2.05) is 0 Å². The number of anilines is 2. The zero-order valence-corrected chi connectivity index (χ0v) is 11.7. The summed E-state index contributed by atoms with van der Waals surface area (Å²) in [7, 11) is 1.47. The number of carbonyl (C=O) groups excluding carboxylic acids is 1. The third-order valence-electron chi connectivity index (χ3n) is 3.28. The number of aromatic nitrogens is 2. The van der Waals surface area contributed by atoms with E-state index in [0.717, 1.165) is 6.07 Å². The summed E-state index contributed by atoms with van der Waals surface area (Å²) in [4.78, 5) is 22.1. The maximum atomic E-state index is 12.8. The largest absolute Gasteiger partial charge is 0.433 e. The van der Waals surface area contributed by atoms with Crippen molar-refractivity contribution in [3.63, 3.8) is 0 Å². The molecule has 0 saturated carbocycles. The average molecular weight is 303 g/mol. The molecular weight excluding hydrogens is 287 g/mol. The molecule has 1 amide bonds. The van der Waals surface area contributed by atoms with Crippen molar-refractivity contribution >= 4 is 17.7 Å². The molecule has 0 unspecified atom stereocenters. The Hall–Kier alpha value is -2.06. The lowest BCUT2D eigenvalue weighted by molar-refractivity contribution is -0.141. The van der Waals surface area contributed by atoms with Crippen LogP contribution in [-0.4, -0.2) is 54.0 Å². The van der Waals surface area contributed by atoms with Crippen molar-refractivity contribution in [2.75, 3.05) is 43.4 Å². The molecule has 0 bridgehead atoms. The maximum absolute atomic E-state index is 12.8. The summed E-state index contributed by atoms with van der Waals surface area (Å²) in [6.07, 6.45) is -4.52. The highest BCUT2D eigenvalue weighted by Gasteiger charge is 2.34. The predicted molar refractivity (Wildman–Crippen MR) is 71.0 cm³/mol. The number of halogens is 3. The number of piperazine rings is 1.